The fourth-order valence-corrected chi connectivity index (χ4v) is 1.11. The second kappa shape index (κ2) is 4.55. The summed E-state index contributed by atoms with van der Waals surface area (Å²) < 4.78 is 1.44. The summed E-state index contributed by atoms with van der Waals surface area (Å²) in [7, 11) is 1.67. The molecular weight excluding hydrogens is 194 g/mol. The van der Waals surface area contributed by atoms with Gasteiger partial charge in [0.2, 0.25) is 11.9 Å². The molecule has 15 heavy (non-hydrogen) atoms. The quantitative estimate of drug-likeness (QED) is 0.784. The van der Waals surface area contributed by atoms with Crippen molar-refractivity contribution in [2.45, 2.75) is 13.8 Å². The molecule has 0 aliphatic rings. The standard InChI is InChI=1S/C9H13N5O/c1-6(2)7(4-10)8(15)13-9-11-5-12-14(9)3/h5-7H,1-3H3,(H,11,12,13,15). The number of nitrogens with one attached hydrogen (secondary N) is 1. The summed E-state index contributed by atoms with van der Waals surface area (Å²) in [6.45, 7) is 3.65. The Kier molecular flexibility index (Phi) is 3.39. The molecule has 1 rings (SSSR count). The van der Waals surface area contributed by atoms with Crippen LogP contribution in [0.5, 0.6) is 0 Å². The number of aryl methyl sites for hydroxylation is 1. The van der Waals surface area contributed by atoms with Crippen LogP contribution in [0.3, 0.4) is 0 Å². The number of amides is 1. The predicted molar refractivity (Wildman–Crippen MR) is 53.6 cm³/mol. The lowest BCUT2D eigenvalue weighted by atomic mass is 9.97. The third kappa shape index (κ3) is 2.53. The Morgan fingerprint density at radius 1 is 1.67 bits per heavy atom. The molecule has 1 heterocycles. The monoisotopic (exact) mass is 207 g/mol. The van der Waals surface area contributed by atoms with Crippen LogP contribution >= 0.6 is 0 Å². The average molecular weight is 207 g/mol. The lowest BCUT2D eigenvalue weighted by Crippen LogP contribution is -2.27. The highest BCUT2D eigenvalue weighted by Crippen LogP contribution is 2.11. The first-order valence-electron chi connectivity index (χ1n) is 4.60. The van der Waals surface area contributed by atoms with Crippen molar-refractivity contribution in [1.29, 1.82) is 5.26 Å². The summed E-state index contributed by atoms with van der Waals surface area (Å²) in [5.74, 6) is -0.686. The lowest BCUT2D eigenvalue weighted by Gasteiger charge is -2.11. The molecule has 1 N–H and O–H groups in total. The molecule has 0 aliphatic carbocycles. The highest BCUT2D eigenvalue weighted by Gasteiger charge is 2.22. The molecule has 1 amide bonds. The highest BCUT2D eigenvalue weighted by atomic mass is 16.2. The molecule has 1 atom stereocenters. The molecule has 6 heteroatoms. The zero-order valence-electron chi connectivity index (χ0n) is 8.93. The third-order valence-electron chi connectivity index (χ3n) is 2.03. The van der Waals surface area contributed by atoms with Gasteiger partial charge in [0, 0.05) is 7.05 Å². The zero-order chi connectivity index (χ0) is 11.4. The molecule has 6 nitrogen and oxygen atoms in total. The second-order valence-corrected chi connectivity index (χ2v) is 3.55. The second-order valence-electron chi connectivity index (χ2n) is 3.55. The molecule has 1 aromatic heterocycles. The molecule has 80 valence electrons. The first-order chi connectivity index (χ1) is 7.06. The van der Waals surface area contributed by atoms with Crippen LogP contribution in [0.2, 0.25) is 0 Å². The number of hydrogen-bond acceptors (Lipinski definition) is 4. The maximum atomic E-state index is 11.6. The van der Waals surface area contributed by atoms with Crippen molar-refractivity contribution < 1.29 is 4.79 Å². The van der Waals surface area contributed by atoms with Crippen molar-refractivity contribution in [1.82, 2.24) is 14.8 Å². The number of carbonyl (C=O) groups is 1. The zero-order valence-corrected chi connectivity index (χ0v) is 8.93. The number of nitriles is 1. The van der Waals surface area contributed by atoms with Crippen molar-refractivity contribution in [2.75, 3.05) is 5.32 Å². The van der Waals surface area contributed by atoms with Gasteiger partial charge >= 0.3 is 0 Å². The fraction of sp³-hybridized carbons (Fsp3) is 0.556. The van der Waals surface area contributed by atoms with Crippen molar-refractivity contribution in [3.8, 4) is 6.07 Å². The number of rotatable bonds is 3. The molecule has 0 bridgehead atoms. The van der Waals surface area contributed by atoms with Crippen molar-refractivity contribution in [3.05, 3.63) is 6.33 Å². The smallest absolute Gasteiger partial charge is 0.244 e. The minimum absolute atomic E-state index is 0.0248. The molecule has 0 radical (unpaired) electrons. The van der Waals surface area contributed by atoms with Gasteiger partial charge in [0.15, 0.2) is 0 Å². The number of carbonyl (C=O) groups excluding carboxylic acids is 1. The van der Waals surface area contributed by atoms with Crippen molar-refractivity contribution in [3.63, 3.8) is 0 Å². The molecule has 0 aliphatic heterocycles. The van der Waals surface area contributed by atoms with Crippen LogP contribution in [0, 0.1) is 23.2 Å². The Bertz CT molecular complexity index is 389. The third-order valence-corrected chi connectivity index (χ3v) is 2.03. The Morgan fingerprint density at radius 3 is 2.73 bits per heavy atom. The molecule has 0 fully saturated rings. The lowest BCUT2D eigenvalue weighted by molar-refractivity contribution is -0.119. The van der Waals surface area contributed by atoms with Gasteiger partial charge in [-0.15, -0.1) is 0 Å². The Hall–Kier alpha value is -1.90. The fourth-order valence-electron chi connectivity index (χ4n) is 1.11. The van der Waals surface area contributed by atoms with Crippen molar-refractivity contribution in [2.24, 2.45) is 18.9 Å². The summed E-state index contributed by atoms with van der Waals surface area (Å²) in [5, 5.41) is 15.2. The average Bonchev–Trinajstić information content (AvgIpc) is 2.52. The van der Waals surface area contributed by atoms with E-state index >= 15 is 0 Å². The highest BCUT2D eigenvalue weighted by molar-refractivity contribution is 5.92. The molecule has 0 aromatic carbocycles. The van der Waals surface area contributed by atoms with Gasteiger partial charge in [-0.2, -0.15) is 15.3 Å². The maximum Gasteiger partial charge on any atom is 0.244 e. The molecular formula is C9H13N5O. The van der Waals surface area contributed by atoms with Gasteiger partial charge in [0.25, 0.3) is 0 Å². The summed E-state index contributed by atoms with van der Waals surface area (Å²) in [6, 6.07) is 1.96. The van der Waals surface area contributed by atoms with Crippen molar-refractivity contribution >= 4 is 11.9 Å². The maximum absolute atomic E-state index is 11.6. The van der Waals surface area contributed by atoms with E-state index in [1.165, 1.54) is 11.0 Å². The molecule has 1 unspecified atom stereocenters. The summed E-state index contributed by atoms with van der Waals surface area (Å²) >= 11 is 0. The normalized spacial score (nSPS) is 12.2. The SMILES string of the molecule is CC(C)C(C#N)C(=O)Nc1ncnn1C. The predicted octanol–water partition coefficient (Wildman–Crippen LogP) is 0.549. The van der Waals surface area contributed by atoms with E-state index in [0.29, 0.717) is 5.95 Å². The Morgan fingerprint density at radius 2 is 2.33 bits per heavy atom. The van der Waals surface area contributed by atoms with Gasteiger partial charge in [-0.25, -0.2) is 4.68 Å². The van der Waals surface area contributed by atoms with E-state index in [4.69, 9.17) is 5.26 Å². The Labute approximate surface area is 87.9 Å². The van der Waals surface area contributed by atoms with Crippen LogP contribution in [0.25, 0.3) is 0 Å². The number of anilines is 1. The van der Waals surface area contributed by atoms with E-state index < -0.39 is 5.92 Å². The van der Waals surface area contributed by atoms with Gasteiger partial charge in [0.1, 0.15) is 12.2 Å². The van der Waals surface area contributed by atoms with Gasteiger partial charge in [0.05, 0.1) is 6.07 Å². The van der Waals surface area contributed by atoms with Crippen LogP contribution in [-0.4, -0.2) is 20.7 Å². The minimum Gasteiger partial charge on any atom is -0.294 e. The van der Waals surface area contributed by atoms with E-state index in [1.807, 2.05) is 19.9 Å². The summed E-state index contributed by atoms with van der Waals surface area (Å²) in [5.41, 5.74) is 0. The number of hydrogen-bond donors (Lipinski definition) is 1. The van der Waals surface area contributed by atoms with Gasteiger partial charge in [-0.3, -0.25) is 10.1 Å². The molecule has 1 aromatic rings. The first kappa shape index (κ1) is 11.2. The van der Waals surface area contributed by atoms with E-state index in [9.17, 15) is 4.79 Å². The largest absolute Gasteiger partial charge is 0.294 e. The topological polar surface area (TPSA) is 83.6 Å². The molecule has 0 spiro atoms. The Balaban J connectivity index is 2.72. The van der Waals surface area contributed by atoms with Crippen LogP contribution in [0.1, 0.15) is 13.8 Å². The first-order valence-corrected chi connectivity index (χ1v) is 4.60. The van der Waals surface area contributed by atoms with Gasteiger partial charge in [-0.05, 0) is 5.92 Å². The molecule has 0 saturated carbocycles. The van der Waals surface area contributed by atoms with Crippen LogP contribution in [0.4, 0.5) is 5.95 Å². The van der Waals surface area contributed by atoms with E-state index in [2.05, 4.69) is 15.4 Å². The van der Waals surface area contributed by atoms with E-state index in [0.717, 1.165) is 0 Å². The van der Waals surface area contributed by atoms with Gasteiger partial charge in [-0.1, -0.05) is 13.8 Å². The number of aromatic nitrogens is 3. The number of nitrogens with zero attached hydrogens (tertiary/aromatic N) is 4. The van der Waals surface area contributed by atoms with Crippen LogP contribution in [0.15, 0.2) is 6.33 Å². The van der Waals surface area contributed by atoms with E-state index in [1.54, 1.807) is 7.05 Å². The summed E-state index contributed by atoms with van der Waals surface area (Å²) in [4.78, 5) is 15.5. The van der Waals surface area contributed by atoms with Crippen LogP contribution < -0.4 is 5.32 Å². The van der Waals surface area contributed by atoms with E-state index in [-0.39, 0.29) is 11.8 Å². The molecule has 0 saturated heterocycles. The van der Waals surface area contributed by atoms with Crippen LogP contribution in [-0.2, 0) is 11.8 Å². The minimum atomic E-state index is -0.665. The van der Waals surface area contributed by atoms with Gasteiger partial charge < -0.3 is 0 Å². The summed E-state index contributed by atoms with van der Waals surface area (Å²) in [6.07, 6.45) is 1.34.